The fraction of sp³-hybridized carbons (Fsp3) is 0.235. The van der Waals surface area contributed by atoms with Crippen LogP contribution < -0.4 is 4.74 Å². The second kappa shape index (κ2) is 5.41. The first-order valence-corrected chi connectivity index (χ1v) is 7.20. The van der Waals surface area contributed by atoms with Crippen molar-refractivity contribution in [3.63, 3.8) is 0 Å². The van der Waals surface area contributed by atoms with Gasteiger partial charge in [0.25, 0.3) is 0 Å². The molecule has 3 rings (SSSR count). The molecule has 1 atom stereocenters. The Balaban J connectivity index is 2.05. The van der Waals surface area contributed by atoms with Crippen molar-refractivity contribution in [2.45, 2.75) is 18.3 Å². The summed E-state index contributed by atoms with van der Waals surface area (Å²) >= 11 is 5.90. The number of carboxylic acids is 1. The number of rotatable bonds is 3. The van der Waals surface area contributed by atoms with Crippen molar-refractivity contribution in [2.24, 2.45) is 0 Å². The predicted octanol–water partition coefficient (Wildman–Crippen LogP) is 3.69. The summed E-state index contributed by atoms with van der Waals surface area (Å²) in [5.41, 5.74) is 0.764. The van der Waals surface area contributed by atoms with Gasteiger partial charge in [0, 0.05) is 17.0 Å². The first kappa shape index (κ1) is 14.0. The number of hydrogen-bond acceptors (Lipinski definition) is 2. The average molecular weight is 303 g/mol. The highest BCUT2D eigenvalue weighted by molar-refractivity contribution is 6.30. The van der Waals surface area contributed by atoms with Crippen molar-refractivity contribution in [3.8, 4) is 5.75 Å². The zero-order chi connectivity index (χ0) is 14.9. The standard InChI is InChI=1S/C17H15ClO3/c18-13-7-5-12(6-8-13)11-17(16(19)20)9-10-21-15-4-2-1-3-14(15)17/h1-8H,9-11H2,(H,19,20). The number of halogens is 1. The molecule has 1 N–H and O–H groups in total. The van der Waals surface area contributed by atoms with Gasteiger partial charge in [0.1, 0.15) is 11.2 Å². The van der Waals surface area contributed by atoms with E-state index in [2.05, 4.69) is 0 Å². The molecule has 108 valence electrons. The first-order valence-electron chi connectivity index (χ1n) is 6.82. The van der Waals surface area contributed by atoms with Crippen LogP contribution in [-0.4, -0.2) is 17.7 Å². The quantitative estimate of drug-likeness (QED) is 0.940. The predicted molar refractivity (Wildman–Crippen MR) is 81.0 cm³/mol. The number of benzene rings is 2. The number of para-hydroxylation sites is 1. The molecule has 0 saturated heterocycles. The third-order valence-corrected chi connectivity index (χ3v) is 4.27. The Morgan fingerprint density at radius 2 is 1.90 bits per heavy atom. The molecule has 3 nitrogen and oxygen atoms in total. The van der Waals surface area contributed by atoms with Gasteiger partial charge in [-0.15, -0.1) is 0 Å². The van der Waals surface area contributed by atoms with Crippen molar-refractivity contribution in [2.75, 3.05) is 6.61 Å². The lowest BCUT2D eigenvalue weighted by Crippen LogP contribution is -2.42. The highest BCUT2D eigenvalue weighted by Gasteiger charge is 2.44. The molecule has 1 unspecified atom stereocenters. The molecule has 21 heavy (non-hydrogen) atoms. The Hall–Kier alpha value is -2.00. The summed E-state index contributed by atoms with van der Waals surface area (Å²) in [5.74, 6) is -0.145. The van der Waals surface area contributed by atoms with Gasteiger partial charge in [0.2, 0.25) is 0 Å². The molecule has 1 aliphatic rings. The fourth-order valence-corrected chi connectivity index (χ4v) is 3.02. The zero-order valence-electron chi connectivity index (χ0n) is 11.4. The largest absolute Gasteiger partial charge is 0.493 e. The Morgan fingerprint density at radius 1 is 1.19 bits per heavy atom. The molecular formula is C17H15ClO3. The van der Waals surface area contributed by atoms with Gasteiger partial charge in [0.15, 0.2) is 0 Å². The molecule has 1 aliphatic heterocycles. The van der Waals surface area contributed by atoms with Crippen LogP contribution in [0.3, 0.4) is 0 Å². The molecule has 4 heteroatoms. The van der Waals surface area contributed by atoms with Gasteiger partial charge in [-0.05, 0) is 30.2 Å². The molecular weight excluding hydrogens is 288 g/mol. The van der Waals surface area contributed by atoms with Crippen molar-refractivity contribution in [1.29, 1.82) is 0 Å². The van der Waals surface area contributed by atoms with Crippen molar-refractivity contribution in [1.82, 2.24) is 0 Å². The highest BCUT2D eigenvalue weighted by atomic mass is 35.5. The molecule has 1 heterocycles. The maximum atomic E-state index is 12.0. The lowest BCUT2D eigenvalue weighted by Gasteiger charge is -2.35. The summed E-state index contributed by atoms with van der Waals surface area (Å²) in [4.78, 5) is 12.0. The molecule has 0 fully saturated rings. The van der Waals surface area contributed by atoms with Crippen molar-refractivity contribution >= 4 is 17.6 Å². The normalized spacial score (nSPS) is 20.4. The maximum Gasteiger partial charge on any atom is 0.314 e. The minimum Gasteiger partial charge on any atom is -0.493 e. The summed E-state index contributed by atoms with van der Waals surface area (Å²) in [5, 5.41) is 10.5. The van der Waals surface area contributed by atoms with Gasteiger partial charge < -0.3 is 9.84 Å². The number of hydrogen-bond donors (Lipinski definition) is 1. The monoisotopic (exact) mass is 302 g/mol. The van der Waals surface area contributed by atoms with Crippen LogP contribution >= 0.6 is 11.6 Å². The Labute approximate surface area is 128 Å². The van der Waals surface area contributed by atoms with Gasteiger partial charge in [-0.2, -0.15) is 0 Å². The molecule has 2 aromatic rings. The van der Waals surface area contributed by atoms with E-state index in [-0.39, 0.29) is 0 Å². The molecule has 0 radical (unpaired) electrons. The number of carbonyl (C=O) groups is 1. The van der Waals surface area contributed by atoms with Crippen LogP contribution in [0.5, 0.6) is 5.75 Å². The number of aliphatic carboxylic acids is 1. The van der Waals surface area contributed by atoms with E-state index < -0.39 is 11.4 Å². The Morgan fingerprint density at radius 3 is 2.62 bits per heavy atom. The minimum absolute atomic E-state index is 0.414. The summed E-state index contributed by atoms with van der Waals surface area (Å²) in [7, 11) is 0. The first-order chi connectivity index (χ1) is 10.1. The van der Waals surface area contributed by atoms with Gasteiger partial charge in [-0.25, -0.2) is 0 Å². The van der Waals surface area contributed by atoms with E-state index in [1.54, 1.807) is 12.1 Å². The Kier molecular flexibility index (Phi) is 3.60. The smallest absolute Gasteiger partial charge is 0.314 e. The molecule has 0 spiro atoms. The van der Waals surface area contributed by atoms with Crippen LogP contribution in [0, 0.1) is 0 Å². The van der Waals surface area contributed by atoms with Gasteiger partial charge in [-0.1, -0.05) is 41.9 Å². The number of carboxylic acid groups (broad SMARTS) is 1. The Bertz CT molecular complexity index is 666. The number of fused-ring (bicyclic) bond motifs is 1. The van der Waals surface area contributed by atoms with E-state index in [0.29, 0.717) is 30.2 Å². The lowest BCUT2D eigenvalue weighted by atomic mass is 9.72. The van der Waals surface area contributed by atoms with Crippen LogP contribution in [0.15, 0.2) is 48.5 Å². The summed E-state index contributed by atoms with van der Waals surface area (Å²) in [6.45, 7) is 0.414. The SMILES string of the molecule is O=C(O)C1(Cc2ccc(Cl)cc2)CCOc2ccccc21. The number of ether oxygens (including phenoxy) is 1. The van der Waals surface area contributed by atoms with E-state index >= 15 is 0 Å². The van der Waals surface area contributed by atoms with E-state index in [0.717, 1.165) is 11.1 Å². The van der Waals surface area contributed by atoms with E-state index in [1.807, 2.05) is 36.4 Å². The third kappa shape index (κ3) is 2.49. The molecule has 0 aromatic heterocycles. The second-order valence-corrected chi connectivity index (χ2v) is 5.72. The summed E-state index contributed by atoms with van der Waals surface area (Å²) < 4.78 is 5.60. The van der Waals surface area contributed by atoms with Gasteiger partial charge in [0.05, 0.1) is 6.61 Å². The average Bonchev–Trinajstić information content (AvgIpc) is 2.50. The molecule has 0 bridgehead atoms. The summed E-state index contributed by atoms with van der Waals surface area (Å²) in [6, 6.07) is 14.7. The molecule has 2 aromatic carbocycles. The van der Waals surface area contributed by atoms with Gasteiger partial charge >= 0.3 is 5.97 Å². The molecule has 0 saturated carbocycles. The van der Waals surface area contributed by atoms with Crippen LogP contribution in [0.2, 0.25) is 5.02 Å². The van der Waals surface area contributed by atoms with E-state index in [4.69, 9.17) is 16.3 Å². The molecule has 0 amide bonds. The maximum absolute atomic E-state index is 12.0. The van der Waals surface area contributed by atoms with E-state index in [1.165, 1.54) is 0 Å². The van der Waals surface area contributed by atoms with Gasteiger partial charge in [-0.3, -0.25) is 4.79 Å². The summed E-state index contributed by atoms with van der Waals surface area (Å²) in [6.07, 6.45) is 0.891. The highest BCUT2D eigenvalue weighted by Crippen LogP contribution is 2.41. The fourth-order valence-electron chi connectivity index (χ4n) is 2.89. The zero-order valence-corrected chi connectivity index (χ0v) is 12.1. The minimum atomic E-state index is -0.942. The van der Waals surface area contributed by atoms with Crippen molar-refractivity contribution in [3.05, 3.63) is 64.7 Å². The van der Waals surface area contributed by atoms with Crippen LogP contribution in [0.4, 0.5) is 0 Å². The molecule has 0 aliphatic carbocycles. The van der Waals surface area contributed by atoms with Crippen LogP contribution in [0.1, 0.15) is 17.5 Å². The lowest BCUT2D eigenvalue weighted by molar-refractivity contribution is -0.145. The van der Waals surface area contributed by atoms with Crippen molar-refractivity contribution < 1.29 is 14.6 Å². The van der Waals surface area contributed by atoms with Crippen LogP contribution in [0.25, 0.3) is 0 Å². The second-order valence-electron chi connectivity index (χ2n) is 5.29. The van der Waals surface area contributed by atoms with Crippen LogP contribution in [-0.2, 0) is 16.6 Å². The van der Waals surface area contributed by atoms with E-state index in [9.17, 15) is 9.90 Å². The topological polar surface area (TPSA) is 46.5 Å². The third-order valence-electron chi connectivity index (χ3n) is 4.02.